The molecular weight excluding hydrogens is 298 g/mol. The van der Waals surface area contributed by atoms with Crippen molar-refractivity contribution in [2.75, 3.05) is 6.54 Å². The molecule has 22 heavy (non-hydrogen) atoms. The van der Waals surface area contributed by atoms with Crippen LogP contribution in [0.3, 0.4) is 0 Å². The molecule has 3 heterocycles. The molecule has 0 bridgehead atoms. The summed E-state index contributed by atoms with van der Waals surface area (Å²) < 4.78 is 0. The quantitative estimate of drug-likeness (QED) is 0.941. The second-order valence-electron chi connectivity index (χ2n) is 5.61. The minimum atomic E-state index is -0.509. The molecule has 1 saturated heterocycles. The van der Waals surface area contributed by atoms with E-state index in [-0.39, 0.29) is 11.9 Å². The molecule has 0 aliphatic carbocycles. The highest BCUT2D eigenvalue weighted by Crippen LogP contribution is 2.30. The third kappa shape index (κ3) is 3.18. The number of aliphatic hydroxyl groups is 1. The van der Waals surface area contributed by atoms with Gasteiger partial charge in [0.2, 0.25) is 0 Å². The van der Waals surface area contributed by atoms with Crippen LogP contribution < -0.4 is 0 Å². The second-order valence-corrected chi connectivity index (χ2v) is 6.59. The van der Waals surface area contributed by atoms with Crippen LogP contribution in [0.1, 0.15) is 46.4 Å². The van der Waals surface area contributed by atoms with Crippen LogP contribution in [0.15, 0.2) is 29.9 Å². The van der Waals surface area contributed by atoms with Crippen LogP contribution in [0.2, 0.25) is 0 Å². The fraction of sp³-hybridized carbons (Fsp3) is 0.438. The highest BCUT2D eigenvalue weighted by Gasteiger charge is 2.32. The Hall–Kier alpha value is -1.79. The third-order valence-electron chi connectivity index (χ3n) is 4.03. The molecule has 0 spiro atoms. The lowest BCUT2D eigenvalue weighted by molar-refractivity contribution is 0.0664. The topological polar surface area (TPSA) is 66.3 Å². The molecule has 2 aromatic heterocycles. The van der Waals surface area contributed by atoms with E-state index in [0.29, 0.717) is 12.1 Å². The second kappa shape index (κ2) is 6.54. The molecule has 2 aromatic rings. The maximum Gasteiger partial charge on any atom is 0.272 e. The van der Waals surface area contributed by atoms with Crippen molar-refractivity contribution in [2.24, 2.45) is 0 Å². The van der Waals surface area contributed by atoms with Gasteiger partial charge < -0.3 is 10.0 Å². The number of rotatable bonds is 4. The lowest BCUT2D eigenvalue weighted by Gasteiger charge is -2.26. The van der Waals surface area contributed by atoms with E-state index < -0.39 is 6.10 Å². The van der Waals surface area contributed by atoms with E-state index in [9.17, 15) is 9.90 Å². The number of carbonyl (C=O) groups excluding carboxylic acids is 1. The van der Waals surface area contributed by atoms with Gasteiger partial charge in [-0.1, -0.05) is 6.07 Å². The van der Waals surface area contributed by atoms with Gasteiger partial charge in [-0.25, -0.2) is 9.97 Å². The Balaban J connectivity index is 1.71. The first-order valence-electron chi connectivity index (χ1n) is 7.46. The molecule has 0 saturated carbocycles. The Morgan fingerprint density at radius 2 is 2.41 bits per heavy atom. The van der Waals surface area contributed by atoms with E-state index in [4.69, 9.17) is 0 Å². The number of hydrogen-bond acceptors (Lipinski definition) is 5. The minimum Gasteiger partial charge on any atom is -0.387 e. The summed E-state index contributed by atoms with van der Waals surface area (Å²) in [4.78, 5) is 23.6. The van der Waals surface area contributed by atoms with E-state index in [1.54, 1.807) is 17.4 Å². The fourth-order valence-electron chi connectivity index (χ4n) is 2.92. The Bertz CT molecular complexity index is 645. The smallest absolute Gasteiger partial charge is 0.272 e. The van der Waals surface area contributed by atoms with Gasteiger partial charge in [-0.05, 0) is 43.7 Å². The molecule has 1 amide bonds. The van der Waals surface area contributed by atoms with Crippen molar-refractivity contribution in [1.82, 2.24) is 14.9 Å². The molecule has 1 aliphatic rings. The summed E-state index contributed by atoms with van der Waals surface area (Å²) in [6.07, 6.45) is 3.39. The highest BCUT2D eigenvalue weighted by molar-refractivity contribution is 7.10. The molecular formula is C16H19N3O2S. The number of aliphatic hydroxyl groups excluding tert-OH is 1. The van der Waals surface area contributed by atoms with Crippen LogP contribution in [0.25, 0.3) is 0 Å². The molecule has 1 N–H and O–H groups in total. The normalized spacial score (nSPS) is 19.4. The summed E-state index contributed by atoms with van der Waals surface area (Å²) in [6.45, 7) is 2.57. The fourth-order valence-corrected chi connectivity index (χ4v) is 3.65. The molecule has 2 unspecified atom stereocenters. The third-order valence-corrected chi connectivity index (χ3v) is 5.00. The van der Waals surface area contributed by atoms with Crippen molar-refractivity contribution in [3.63, 3.8) is 0 Å². The lowest BCUT2D eigenvalue weighted by Crippen LogP contribution is -2.37. The summed E-state index contributed by atoms with van der Waals surface area (Å²) >= 11 is 1.55. The molecule has 5 nitrogen and oxygen atoms in total. The largest absolute Gasteiger partial charge is 0.387 e. The molecule has 6 heteroatoms. The van der Waals surface area contributed by atoms with Crippen molar-refractivity contribution in [3.8, 4) is 0 Å². The Morgan fingerprint density at radius 1 is 1.55 bits per heavy atom. The lowest BCUT2D eigenvalue weighted by atomic mass is 10.1. The van der Waals surface area contributed by atoms with Gasteiger partial charge in [0.1, 0.15) is 12.0 Å². The molecule has 2 atom stereocenters. The summed E-state index contributed by atoms with van der Waals surface area (Å²) in [7, 11) is 0. The van der Waals surface area contributed by atoms with Crippen LogP contribution >= 0.6 is 11.3 Å². The number of amides is 1. The zero-order valence-electron chi connectivity index (χ0n) is 12.5. The number of carbonyl (C=O) groups is 1. The first-order valence-corrected chi connectivity index (χ1v) is 8.34. The number of likely N-dealkylation sites (tertiary alicyclic amines) is 1. The van der Waals surface area contributed by atoms with Crippen molar-refractivity contribution < 1.29 is 9.90 Å². The first kappa shape index (κ1) is 15.1. The van der Waals surface area contributed by atoms with E-state index in [1.807, 2.05) is 29.3 Å². The molecule has 0 aromatic carbocycles. The van der Waals surface area contributed by atoms with E-state index in [1.165, 1.54) is 6.33 Å². The summed E-state index contributed by atoms with van der Waals surface area (Å²) in [5.74, 6) is -0.0635. The first-order chi connectivity index (χ1) is 10.6. The van der Waals surface area contributed by atoms with Crippen LogP contribution in [0.5, 0.6) is 0 Å². The molecule has 116 valence electrons. The summed E-state index contributed by atoms with van der Waals surface area (Å²) in [5.41, 5.74) is 1.22. The monoisotopic (exact) mass is 317 g/mol. The predicted octanol–water partition coefficient (Wildman–Crippen LogP) is 2.57. The van der Waals surface area contributed by atoms with Crippen molar-refractivity contribution in [1.29, 1.82) is 0 Å². The average molecular weight is 317 g/mol. The van der Waals surface area contributed by atoms with Crippen LogP contribution in [-0.2, 0) is 0 Å². The van der Waals surface area contributed by atoms with Gasteiger partial charge >= 0.3 is 0 Å². The minimum absolute atomic E-state index is 0.0635. The van der Waals surface area contributed by atoms with Gasteiger partial charge in [-0.2, -0.15) is 0 Å². The van der Waals surface area contributed by atoms with Gasteiger partial charge in [0.05, 0.1) is 6.10 Å². The van der Waals surface area contributed by atoms with Gasteiger partial charge in [0, 0.05) is 23.2 Å². The van der Waals surface area contributed by atoms with Gasteiger partial charge in [-0.15, -0.1) is 11.3 Å². The molecule has 1 aliphatic heterocycles. The summed E-state index contributed by atoms with van der Waals surface area (Å²) in [6, 6.07) is 5.65. The predicted molar refractivity (Wildman–Crippen MR) is 84.7 cm³/mol. The Labute approximate surface area is 133 Å². The molecule has 1 fully saturated rings. The van der Waals surface area contributed by atoms with Crippen LogP contribution in [0, 0.1) is 6.92 Å². The van der Waals surface area contributed by atoms with E-state index in [2.05, 4.69) is 9.97 Å². The maximum absolute atomic E-state index is 12.6. The van der Waals surface area contributed by atoms with Crippen molar-refractivity contribution in [3.05, 3.63) is 46.2 Å². The maximum atomic E-state index is 12.6. The SMILES string of the molecule is Cc1cc(C(=O)N2CCCC2CC(O)c2cccs2)ncn1. The number of thiophene rings is 1. The Kier molecular flexibility index (Phi) is 4.49. The summed E-state index contributed by atoms with van der Waals surface area (Å²) in [5, 5.41) is 12.3. The van der Waals surface area contributed by atoms with Crippen molar-refractivity contribution in [2.45, 2.75) is 38.3 Å². The average Bonchev–Trinajstić information content (AvgIpc) is 3.18. The number of hydrogen-bond donors (Lipinski definition) is 1. The van der Waals surface area contributed by atoms with E-state index >= 15 is 0 Å². The Morgan fingerprint density at radius 3 is 3.14 bits per heavy atom. The van der Waals surface area contributed by atoms with Crippen LogP contribution in [0.4, 0.5) is 0 Å². The van der Waals surface area contributed by atoms with Crippen molar-refractivity contribution >= 4 is 17.2 Å². The zero-order chi connectivity index (χ0) is 15.5. The number of aromatic nitrogens is 2. The van der Waals surface area contributed by atoms with E-state index in [0.717, 1.165) is 30.0 Å². The standard InChI is InChI=1S/C16H19N3O2S/c1-11-8-13(18-10-17-11)16(21)19-6-2-4-12(19)9-14(20)15-5-3-7-22-15/h3,5,7-8,10,12,14,20H,2,4,6,9H2,1H3. The number of aryl methyl sites for hydroxylation is 1. The molecule has 3 rings (SSSR count). The highest BCUT2D eigenvalue weighted by atomic mass is 32.1. The van der Waals surface area contributed by atoms with Gasteiger partial charge in [0.25, 0.3) is 5.91 Å². The van der Waals surface area contributed by atoms with Gasteiger partial charge in [0.15, 0.2) is 0 Å². The van der Waals surface area contributed by atoms with Crippen LogP contribution in [-0.4, -0.2) is 38.5 Å². The zero-order valence-corrected chi connectivity index (χ0v) is 13.3. The molecule has 0 radical (unpaired) electrons. The van der Waals surface area contributed by atoms with Gasteiger partial charge in [-0.3, -0.25) is 4.79 Å². The number of nitrogens with zero attached hydrogens (tertiary/aromatic N) is 3.